The van der Waals surface area contributed by atoms with E-state index >= 15 is 0 Å². The molecule has 112 valence electrons. The van der Waals surface area contributed by atoms with Crippen LogP contribution in [-0.2, 0) is 28.6 Å². The Hall–Kier alpha value is -2.02. The normalized spacial score (nSPS) is 12.1. The zero-order valence-corrected chi connectivity index (χ0v) is 12.6. The van der Waals surface area contributed by atoms with E-state index in [0.29, 0.717) is 5.69 Å². The number of carbonyl (C=O) groups is 1. The van der Waals surface area contributed by atoms with Crippen molar-refractivity contribution in [1.29, 1.82) is 0 Å². The number of anilines is 1. The van der Waals surface area contributed by atoms with E-state index in [1.807, 2.05) is 6.92 Å². The van der Waals surface area contributed by atoms with Crippen molar-refractivity contribution < 1.29 is 13.4 Å². The fourth-order valence-electron chi connectivity index (χ4n) is 1.87. The first-order chi connectivity index (χ1) is 9.99. The van der Waals surface area contributed by atoms with E-state index in [-0.39, 0.29) is 17.2 Å². The second kappa shape index (κ2) is 6.62. The van der Waals surface area contributed by atoms with E-state index in [4.69, 9.17) is 0 Å². The maximum Gasteiger partial charge on any atom is 0.228 e. The Bertz CT molecular complexity index is 685. The zero-order chi connectivity index (χ0) is 15.4. The Morgan fingerprint density at radius 1 is 1.48 bits per heavy atom. The van der Waals surface area contributed by atoms with Gasteiger partial charge < -0.3 is 5.32 Å². The predicted molar refractivity (Wildman–Crippen MR) is 79.0 cm³/mol. The molecule has 21 heavy (non-hydrogen) atoms. The molecule has 0 bridgehead atoms. The van der Waals surface area contributed by atoms with Gasteiger partial charge in [0.1, 0.15) is 5.82 Å². The molecule has 0 aliphatic carbocycles. The molecule has 0 fully saturated rings. The van der Waals surface area contributed by atoms with Crippen molar-refractivity contribution in [1.82, 2.24) is 9.78 Å². The lowest BCUT2D eigenvalue weighted by Crippen LogP contribution is -2.14. The van der Waals surface area contributed by atoms with Gasteiger partial charge in [0.15, 0.2) is 0 Å². The molecule has 1 amide bonds. The molecular formula is C14H16FN3O2S. The second-order valence-electron chi connectivity index (χ2n) is 4.53. The zero-order valence-electron chi connectivity index (χ0n) is 11.8. The van der Waals surface area contributed by atoms with E-state index in [9.17, 15) is 13.4 Å². The first-order valence-electron chi connectivity index (χ1n) is 6.43. The molecule has 2 aromatic rings. The maximum absolute atomic E-state index is 13.7. The van der Waals surface area contributed by atoms with Crippen molar-refractivity contribution in [3.8, 4) is 0 Å². The van der Waals surface area contributed by atoms with Gasteiger partial charge in [-0.25, -0.2) is 4.39 Å². The number of rotatable bonds is 5. The lowest BCUT2D eigenvalue weighted by molar-refractivity contribution is -0.115. The molecule has 0 saturated heterocycles. The van der Waals surface area contributed by atoms with Gasteiger partial charge in [0.2, 0.25) is 5.91 Å². The quantitative estimate of drug-likeness (QED) is 0.918. The first kappa shape index (κ1) is 15.4. The molecule has 7 heteroatoms. The molecule has 0 aliphatic rings. The number of hydrogen-bond acceptors (Lipinski definition) is 3. The molecule has 1 aromatic carbocycles. The average Bonchev–Trinajstić information content (AvgIpc) is 2.85. The predicted octanol–water partition coefficient (Wildman–Crippen LogP) is 1.96. The number of nitrogens with zero attached hydrogens (tertiary/aromatic N) is 2. The van der Waals surface area contributed by atoms with Gasteiger partial charge in [0.05, 0.1) is 28.3 Å². The third kappa shape index (κ3) is 3.98. The molecule has 1 heterocycles. The molecule has 0 saturated carbocycles. The second-order valence-corrected chi connectivity index (χ2v) is 5.88. The van der Waals surface area contributed by atoms with Crippen LogP contribution in [0, 0.1) is 5.82 Å². The molecule has 0 unspecified atom stereocenters. The van der Waals surface area contributed by atoms with Crippen molar-refractivity contribution in [2.24, 2.45) is 0 Å². The summed E-state index contributed by atoms with van der Waals surface area (Å²) >= 11 is 0. The number of aryl methyl sites for hydroxylation is 1. The van der Waals surface area contributed by atoms with Gasteiger partial charge >= 0.3 is 0 Å². The standard InChI is InChI=1S/C14H16FN3O2S/c1-3-18-9-10(8-16-18)6-14(19)17-11-4-5-13(21(2)20)12(15)7-11/h4-5,7-9H,3,6H2,1-2H3,(H,17,19)/t21-/m0/s1. The van der Waals surface area contributed by atoms with E-state index in [2.05, 4.69) is 10.4 Å². The molecule has 0 radical (unpaired) electrons. The summed E-state index contributed by atoms with van der Waals surface area (Å²) in [7, 11) is -1.39. The highest BCUT2D eigenvalue weighted by Gasteiger charge is 2.10. The van der Waals surface area contributed by atoms with Gasteiger partial charge in [0, 0.05) is 24.7 Å². The average molecular weight is 309 g/mol. The third-order valence-corrected chi connectivity index (χ3v) is 3.85. The van der Waals surface area contributed by atoms with Crippen LogP contribution in [0.25, 0.3) is 0 Å². The molecular weight excluding hydrogens is 293 g/mol. The summed E-state index contributed by atoms with van der Waals surface area (Å²) in [6, 6.07) is 4.12. The van der Waals surface area contributed by atoms with Gasteiger partial charge in [-0.1, -0.05) is 0 Å². The third-order valence-electron chi connectivity index (χ3n) is 2.90. The van der Waals surface area contributed by atoms with Crippen LogP contribution in [0.15, 0.2) is 35.5 Å². The number of benzene rings is 1. The van der Waals surface area contributed by atoms with Crippen LogP contribution in [0.3, 0.4) is 0 Å². The Labute approximate surface area is 124 Å². The Kier molecular flexibility index (Phi) is 4.85. The van der Waals surface area contributed by atoms with Gasteiger partial charge in [-0.2, -0.15) is 5.10 Å². The number of aromatic nitrogens is 2. The van der Waals surface area contributed by atoms with Crippen molar-refractivity contribution in [3.05, 3.63) is 42.0 Å². The lowest BCUT2D eigenvalue weighted by Gasteiger charge is -2.06. The summed E-state index contributed by atoms with van der Waals surface area (Å²) in [4.78, 5) is 12.0. The number of halogens is 1. The van der Waals surface area contributed by atoms with Crippen molar-refractivity contribution >= 4 is 22.4 Å². The summed E-state index contributed by atoms with van der Waals surface area (Å²) in [5, 5.41) is 6.69. The summed E-state index contributed by atoms with van der Waals surface area (Å²) in [5.41, 5.74) is 1.13. The molecule has 5 nitrogen and oxygen atoms in total. The highest BCUT2D eigenvalue weighted by atomic mass is 32.2. The Morgan fingerprint density at radius 2 is 2.24 bits per heavy atom. The largest absolute Gasteiger partial charge is 0.326 e. The van der Waals surface area contributed by atoms with Crippen LogP contribution in [-0.4, -0.2) is 26.2 Å². The fraction of sp³-hybridized carbons (Fsp3) is 0.286. The van der Waals surface area contributed by atoms with Gasteiger partial charge in [-0.05, 0) is 30.7 Å². The van der Waals surface area contributed by atoms with Crippen LogP contribution in [0.1, 0.15) is 12.5 Å². The molecule has 2 rings (SSSR count). The SMILES string of the molecule is CCn1cc(CC(=O)Nc2ccc([S@](C)=O)c(F)c2)cn1. The Morgan fingerprint density at radius 3 is 2.81 bits per heavy atom. The summed E-state index contributed by atoms with van der Waals surface area (Å²) < 4.78 is 26.6. The highest BCUT2D eigenvalue weighted by Crippen LogP contribution is 2.17. The van der Waals surface area contributed by atoms with Gasteiger partial charge in [0.25, 0.3) is 0 Å². The topological polar surface area (TPSA) is 64.0 Å². The maximum atomic E-state index is 13.7. The first-order valence-corrected chi connectivity index (χ1v) is 7.99. The number of hydrogen-bond donors (Lipinski definition) is 1. The molecule has 0 spiro atoms. The van der Waals surface area contributed by atoms with E-state index in [0.717, 1.165) is 12.1 Å². The minimum Gasteiger partial charge on any atom is -0.326 e. The molecule has 1 N–H and O–H groups in total. The molecule has 0 aliphatic heterocycles. The Balaban J connectivity index is 2.02. The number of carbonyl (C=O) groups excluding carboxylic acids is 1. The highest BCUT2D eigenvalue weighted by molar-refractivity contribution is 7.84. The summed E-state index contributed by atoms with van der Waals surface area (Å²) in [6.07, 6.45) is 5.00. The van der Waals surface area contributed by atoms with Crippen LogP contribution < -0.4 is 5.32 Å². The van der Waals surface area contributed by atoms with Crippen molar-refractivity contribution in [2.45, 2.75) is 24.8 Å². The molecule has 1 aromatic heterocycles. The summed E-state index contributed by atoms with van der Waals surface area (Å²) in [5.74, 6) is -0.845. The molecule has 1 atom stereocenters. The van der Waals surface area contributed by atoms with E-state index in [1.54, 1.807) is 17.1 Å². The number of nitrogens with one attached hydrogen (secondary N) is 1. The minimum absolute atomic E-state index is 0.122. The van der Waals surface area contributed by atoms with Crippen LogP contribution in [0.5, 0.6) is 0 Å². The summed E-state index contributed by atoms with van der Waals surface area (Å²) in [6.45, 7) is 2.70. The number of amides is 1. The lowest BCUT2D eigenvalue weighted by atomic mass is 10.2. The van der Waals surface area contributed by atoms with Crippen molar-refractivity contribution in [2.75, 3.05) is 11.6 Å². The van der Waals surface area contributed by atoms with Crippen LogP contribution >= 0.6 is 0 Å². The smallest absolute Gasteiger partial charge is 0.228 e. The monoisotopic (exact) mass is 309 g/mol. The fourth-order valence-corrected chi connectivity index (χ4v) is 2.47. The van der Waals surface area contributed by atoms with Gasteiger partial charge in [-0.3, -0.25) is 13.7 Å². The minimum atomic E-state index is -1.39. The van der Waals surface area contributed by atoms with Crippen LogP contribution in [0.2, 0.25) is 0 Å². The van der Waals surface area contributed by atoms with Crippen LogP contribution in [0.4, 0.5) is 10.1 Å². The van der Waals surface area contributed by atoms with E-state index < -0.39 is 16.6 Å². The van der Waals surface area contributed by atoms with E-state index in [1.165, 1.54) is 24.5 Å². The van der Waals surface area contributed by atoms with Crippen molar-refractivity contribution in [3.63, 3.8) is 0 Å². The van der Waals surface area contributed by atoms with Gasteiger partial charge in [-0.15, -0.1) is 0 Å².